The molecular weight excluding hydrogens is 452 g/mol. The van der Waals surface area contributed by atoms with E-state index in [0.29, 0.717) is 23.1 Å². The first-order valence-electron chi connectivity index (χ1n) is 11.1. The second-order valence-corrected chi connectivity index (χ2v) is 9.15. The van der Waals surface area contributed by atoms with Crippen LogP contribution < -0.4 is 20.3 Å². The Labute approximate surface area is 201 Å². The van der Waals surface area contributed by atoms with Gasteiger partial charge in [0.25, 0.3) is 11.1 Å². The maximum absolute atomic E-state index is 11.8. The first-order valence-corrected chi connectivity index (χ1v) is 11.9. The highest BCUT2D eigenvalue weighted by Gasteiger charge is 2.26. The van der Waals surface area contributed by atoms with Gasteiger partial charge in [-0.25, -0.2) is 15.0 Å². The Morgan fingerprint density at radius 1 is 1.24 bits per heavy atom. The molecule has 0 aliphatic carbocycles. The quantitative estimate of drug-likeness (QED) is 0.519. The van der Waals surface area contributed by atoms with E-state index in [-0.39, 0.29) is 11.3 Å². The van der Waals surface area contributed by atoms with Crippen LogP contribution in [0, 0.1) is 0 Å². The van der Waals surface area contributed by atoms with Crippen molar-refractivity contribution < 1.29 is 14.3 Å². The topological polar surface area (TPSA) is 109 Å². The van der Waals surface area contributed by atoms with E-state index in [1.807, 2.05) is 24.3 Å². The van der Waals surface area contributed by atoms with Gasteiger partial charge in [0.15, 0.2) is 0 Å². The van der Waals surface area contributed by atoms with E-state index in [9.17, 15) is 9.59 Å². The predicted molar refractivity (Wildman–Crippen MR) is 132 cm³/mol. The largest absolute Gasteiger partial charge is 0.494 e. The van der Waals surface area contributed by atoms with E-state index in [2.05, 4.69) is 31.6 Å². The predicted octanol–water partition coefficient (Wildman–Crippen LogP) is 3.12. The van der Waals surface area contributed by atoms with Gasteiger partial charge in [0, 0.05) is 37.3 Å². The molecule has 5 rings (SSSR count). The fourth-order valence-corrected chi connectivity index (χ4v) is 4.81. The lowest BCUT2D eigenvalue weighted by Crippen LogP contribution is -2.46. The molecule has 10 heteroatoms. The Balaban J connectivity index is 1.25. The van der Waals surface area contributed by atoms with Crippen molar-refractivity contribution in [2.75, 3.05) is 25.1 Å². The molecule has 2 fully saturated rings. The molecule has 34 heavy (non-hydrogen) atoms. The molecule has 0 unspecified atom stereocenters. The number of benzene rings is 1. The van der Waals surface area contributed by atoms with Gasteiger partial charge in [0.1, 0.15) is 11.3 Å². The van der Waals surface area contributed by atoms with Crippen LogP contribution in [-0.2, 0) is 11.3 Å². The second kappa shape index (κ2) is 9.78. The molecule has 0 bridgehead atoms. The van der Waals surface area contributed by atoms with Crippen molar-refractivity contribution in [1.82, 2.24) is 25.6 Å². The third kappa shape index (κ3) is 4.87. The lowest BCUT2D eigenvalue weighted by Gasteiger charge is -2.33. The molecule has 174 valence electrons. The standard InChI is InChI=1S/C24H24N6O3S/c1-33-19-6-2-4-15-7-8-17(27-21(15)19)13-26-18-5-3-11-30(14-18)23-25-10-9-16(28-23)12-20-22(31)29-24(32)34-20/h2,4,6-10,12,18,26H,3,5,11,13-14H2,1H3,(H,29,31,32)/t18-/m1/s1. The number of rotatable bonds is 6. The highest BCUT2D eigenvalue weighted by Crippen LogP contribution is 2.26. The highest BCUT2D eigenvalue weighted by atomic mass is 32.2. The molecule has 2 N–H and O–H groups in total. The smallest absolute Gasteiger partial charge is 0.290 e. The van der Waals surface area contributed by atoms with Crippen LogP contribution in [0.5, 0.6) is 5.75 Å². The Hall–Kier alpha value is -3.50. The van der Waals surface area contributed by atoms with Crippen molar-refractivity contribution in [2.24, 2.45) is 0 Å². The number of para-hydroxylation sites is 1. The number of thioether (sulfide) groups is 1. The van der Waals surface area contributed by atoms with E-state index in [1.54, 1.807) is 25.4 Å². The zero-order valence-corrected chi connectivity index (χ0v) is 19.5. The van der Waals surface area contributed by atoms with Crippen LogP contribution in [-0.4, -0.2) is 52.3 Å². The normalized spacial score (nSPS) is 19.6. The molecule has 0 saturated carbocycles. The van der Waals surface area contributed by atoms with Crippen LogP contribution >= 0.6 is 11.8 Å². The second-order valence-electron chi connectivity index (χ2n) is 8.13. The van der Waals surface area contributed by atoms with Crippen molar-refractivity contribution in [2.45, 2.75) is 25.4 Å². The van der Waals surface area contributed by atoms with Gasteiger partial charge in [0.2, 0.25) is 5.95 Å². The molecule has 1 aromatic carbocycles. The van der Waals surface area contributed by atoms with Crippen molar-refractivity contribution in [3.05, 3.63) is 58.9 Å². The van der Waals surface area contributed by atoms with Crippen molar-refractivity contribution in [1.29, 1.82) is 0 Å². The maximum atomic E-state index is 11.8. The number of ether oxygens (including phenoxy) is 1. The molecule has 0 radical (unpaired) electrons. The molecular formula is C24H24N6O3S. The molecule has 3 aromatic rings. The number of pyridine rings is 1. The average molecular weight is 477 g/mol. The molecule has 2 amide bonds. The van der Waals surface area contributed by atoms with Crippen LogP contribution in [0.25, 0.3) is 17.0 Å². The van der Waals surface area contributed by atoms with Crippen molar-refractivity contribution >= 4 is 45.8 Å². The number of amides is 2. The van der Waals surface area contributed by atoms with Crippen LogP contribution in [0.2, 0.25) is 0 Å². The monoisotopic (exact) mass is 476 g/mol. The number of carbonyl (C=O) groups excluding carboxylic acids is 2. The summed E-state index contributed by atoms with van der Waals surface area (Å²) in [6, 6.07) is 12.0. The first-order chi connectivity index (χ1) is 16.6. The number of hydrogen-bond donors (Lipinski definition) is 2. The number of methoxy groups -OCH3 is 1. The molecule has 2 aliphatic heterocycles. The van der Waals surface area contributed by atoms with Gasteiger partial charge in [-0.1, -0.05) is 18.2 Å². The number of imide groups is 1. The van der Waals surface area contributed by atoms with E-state index in [4.69, 9.17) is 9.72 Å². The summed E-state index contributed by atoms with van der Waals surface area (Å²) in [5.41, 5.74) is 2.42. The van der Waals surface area contributed by atoms with E-state index in [0.717, 1.165) is 60.0 Å². The third-order valence-electron chi connectivity index (χ3n) is 5.82. The first kappa shape index (κ1) is 22.3. The average Bonchev–Trinajstić information content (AvgIpc) is 3.18. The lowest BCUT2D eigenvalue weighted by atomic mass is 10.1. The minimum atomic E-state index is -0.391. The van der Waals surface area contributed by atoms with Gasteiger partial charge in [0.05, 0.1) is 23.4 Å². The summed E-state index contributed by atoms with van der Waals surface area (Å²) < 4.78 is 5.45. The Kier molecular flexibility index (Phi) is 6.41. The summed E-state index contributed by atoms with van der Waals surface area (Å²) in [7, 11) is 1.66. The van der Waals surface area contributed by atoms with Crippen molar-refractivity contribution in [3.63, 3.8) is 0 Å². The zero-order valence-electron chi connectivity index (χ0n) is 18.7. The summed E-state index contributed by atoms with van der Waals surface area (Å²) in [6.45, 7) is 2.28. The number of aromatic nitrogens is 3. The summed E-state index contributed by atoms with van der Waals surface area (Å²) in [4.78, 5) is 39.5. The number of carbonyl (C=O) groups is 2. The van der Waals surface area contributed by atoms with Crippen LogP contribution in [0.4, 0.5) is 10.7 Å². The number of nitrogens with zero attached hydrogens (tertiary/aromatic N) is 4. The van der Waals surface area contributed by atoms with Gasteiger partial charge in [-0.15, -0.1) is 0 Å². The molecule has 0 spiro atoms. The number of nitrogens with one attached hydrogen (secondary N) is 2. The van der Waals surface area contributed by atoms with Gasteiger partial charge >= 0.3 is 0 Å². The van der Waals surface area contributed by atoms with Gasteiger partial charge in [-0.05, 0) is 48.9 Å². The van der Waals surface area contributed by atoms with E-state index < -0.39 is 5.91 Å². The Morgan fingerprint density at radius 2 is 2.15 bits per heavy atom. The Morgan fingerprint density at radius 3 is 2.97 bits per heavy atom. The fraction of sp³-hybridized carbons (Fsp3) is 0.292. The molecule has 9 nitrogen and oxygen atoms in total. The Bertz CT molecular complexity index is 1280. The van der Waals surface area contributed by atoms with E-state index in [1.165, 1.54) is 0 Å². The number of fused-ring (bicyclic) bond motifs is 1. The lowest BCUT2D eigenvalue weighted by molar-refractivity contribution is -0.115. The third-order valence-corrected chi connectivity index (χ3v) is 6.63. The summed E-state index contributed by atoms with van der Waals surface area (Å²) in [6.07, 6.45) is 5.36. The molecule has 1 atom stereocenters. The van der Waals surface area contributed by atoms with E-state index >= 15 is 0 Å². The SMILES string of the molecule is COc1cccc2ccc(CN[C@@H]3CCCN(c4nccc(C=C5SC(=O)NC5=O)n4)C3)nc12. The molecule has 2 aromatic heterocycles. The summed E-state index contributed by atoms with van der Waals surface area (Å²) in [5, 5.41) is 6.56. The molecule has 2 saturated heterocycles. The molecule has 2 aliphatic rings. The number of anilines is 1. The highest BCUT2D eigenvalue weighted by molar-refractivity contribution is 8.18. The van der Waals surface area contributed by atoms with Crippen LogP contribution in [0.1, 0.15) is 24.2 Å². The minimum absolute atomic E-state index is 0.267. The fourth-order valence-electron chi connectivity index (χ4n) is 4.15. The summed E-state index contributed by atoms with van der Waals surface area (Å²) in [5.74, 6) is 0.995. The summed E-state index contributed by atoms with van der Waals surface area (Å²) >= 11 is 0.881. The minimum Gasteiger partial charge on any atom is -0.494 e. The van der Waals surface area contributed by atoms with Gasteiger partial charge in [-0.3, -0.25) is 14.9 Å². The van der Waals surface area contributed by atoms with Gasteiger partial charge < -0.3 is 15.0 Å². The zero-order chi connectivity index (χ0) is 23.5. The van der Waals surface area contributed by atoms with Crippen molar-refractivity contribution in [3.8, 4) is 5.75 Å². The van der Waals surface area contributed by atoms with Gasteiger partial charge in [-0.2, -0.15) is 0 Å². The maximum Gasteiger partial charge on any atom is 0.290 e. The van der Waals surface area contributed by atoms with Crippen LogP contribution in [0.15, 0.2) is 47.5 Å². The molecule has 4 heterocycles. The van der Waals surface area contributed by atoms with Crippen LogP contribution in [0.3, 0.4) is 0 Å². The number of piperidine rings is 1. The number of hydrogen-bond acceptors (Lipinski definition) is 9.